The van der Waals surface area contributed by atoms with Gasteiger partial charge >= 0.3 is 12.2 Å². The molecule has 0 bridgehead atoms. The maximum atomic E-state index is 12.2. The van der Waals surface area contributed by atoms with Crippen LogP contribution in [0.25, 0.3) is 0 Å². The van der Waals surface area contributed by atoms with Gasteiger partial charge in [-0.25, -0.2) is 4.79 Å². The highest BCUT2D eigenvalue weighted by atomic mass is 19.4. The number of nitrogens with zero attached hydrogens (tertiary/aromatic N) is 1. The van der Waals surface area contributed by atoms with E-state index in [1.165, 1.54) is 0 Å². The van der Waals surface area contributed by atoms with Gasteiger partial charge in [0, 0.05) is 12.6 Å². The third kappa shape index (κ3) is 6.25. The van der Waals surface area contributed by atoms with E-state index in [-0.39, 0.29) is 12.6 Å². The lowest BCUT2D eigenvalue weighted by atomic mass is 10.2. The standard InChI is InChI=1S/C12H19F3N2O3/c13-12(14,15)5-6-17(7-10(19)8-18)11(20)16-9-3-1-2-4-9/h1-2,9-10,18-19H,3-8H2,(H,16,20)/t10-/m0/s1. The lowest BCUT2D eigenvalue weighted by Crippen LogP contribution is -2.48. The quantitative estimate of drug-likeness (QED) is 0.641. The van der Waals surface area contributed by atoms with Crippen LogP contribution in [0.3, 0.4) is 0 Å². The van der Waals surface area contributed by atoms with Crippen molar-refractivity contribution in [1.29, 1.82) is 0 Å². The molecular weight excluding hydrogens is 277 g/mol. The van der Waals surface area contributed by atoms with Crippen LogP contribution in [-0.4, -0.2) is 59.2 Å². The van der Waals surface area contributed by atoms with Crippen LogP contribution in [0.15, 0.2) is 12.2 Å². The Morgan fingerprint density at radius 1 is 1.40 bits per heavy atom. The molecule has 1 aliphatic rings. The van der Waals surface area contributed by atoms with Gasteiger partial charge in [0.25, 0.3) is 0 Å². The fraction of sp³-hybridized carbons (Fsp3) is 0.750. The topological polar surface area (TPSA) is 72.8 Å². The van der Waals surface area contributed by atoms with Crippen molar-refractivity contribution in [2.24, 2.45) is 0 Å². The van der Waals surface area contributed by atoms with E-state index in [9.17, 15) is 23.1 Å². The minimum Gasteiger partial charge on any atom is -0.394 e. The molecule has 0 unspecified atom stereocenters. The molecule has 1 rings (SSSR count). The molecule has 0 saturated carbocycles. The Morgan fingerprint density at radius 3 is 2.50 bits per heavy atom. The van der Waals surface area contributed by atoms with Gasteiger partial charge in [-0.3, -0.25) is 0 Å². The molecule has 0 saturated heterocycles. The molecule has 5 nitrogen and oxygen atoms in total. The summed E-state index contributed by atoms with van der Waals surface area (Å²) < 4.78 is 36.7. The number of hydrogen-bond acceptors (Lipinski definition) is 3. The molecule has 116 valence electrons. The molecule has 0 fully saturated rings. The highest BCUT2D eigenvalue weighted by Gasteiger charge is 2.30. The summed E-state index contributed by atoms with van der Waals surface area (Å²) in [5.41, 5.74) is 0. The summed E-state index contributed by atoms with van der Waals surface area (Å²) in [7, 11) is 0. The Hall–Kier alpha value is -1.28. The number of rotatable bonds is 6. The van der Waals surface area contributed by atoms with Crippen molar-refractivity contribution in [3.8, 4) is 0 Å². The van der Waals surface area contributed by atoms with Crippen LogP contribution in [0.2, 0.25) is 0 Å². The first-order valence-corrected chi connectivity index (χ1v) is 6.38. The molecule has 0 heterocycles. The number of carbonyl (C=O) groups is 1. The van der Waals surface area contributed by atoms with E-state index in [4.69, 9.17) is 5.11 Å². The zero-order valence-electron chi connectivity index (χ0n) is 10.9. The van der Waals surface area contributed by atoms with E-state index < -0.39 is 37.9 Å². The largest absolute Gasteiger partial charge is 0.394 e. The van der Waals surface area contributed by atoms with Gasteiger partial charge < -0.3 is 20.4 Å². The number of carbonyl (C=O) groups excluding carboxylic acids is 1. The third-order valence-electron chi connectivity index (χ3n) is 2.93. The highest BCUT2D eigenvalue weighted by Crippen LogP contribution is 2.20. The second-order valence-corrected chi connectivity index (χ2v) is 4.74. The number of aliphatic hydroxyl groups excluding tert-OH is 2. The van der Waals surface area contributed by atoms with Gasteiger partial charge in [-0.15, -0.1) is 0 Å². The Morgan fingerprint density at radius 2 is 2.00 bits per heavy atom. The van der Waals surface area contributed by atoms with Crippen molar-refractivity contribution in [3.05, 3.63) is 12.2 Å². The molecule has 1 atom stereocenters. The maximum Gasteiger partial charge on any atom is 0.390 e. The number of urea groups is 1. The van der Waals surface area contributed by atoms with Crippen LogP contribution in [0.5, 0.6) is 0 Å². The zero-order valence-corrected chi connectivity index (χ0v) is 10.9. The summed E-state index contributed by atoms with van der Waals surface area (Å²) in [5.74, 6) is 0. The Balaban J connectivity index is 2.52. The number of nitrogens with one attached hydrogen (secondary N) is 1. The average molecular weight is 296 g/mol. The summed E-state index contributed by atoms with van der Waals surface area (Å²) >= 11 is 0. The number of halogens is 3. The summed E-state index contributed by atoms with van der Waals surface area (Å²) in [6.45, 7) is -1.49. The van der Waals surface area contributed by atoms with Gasteiger partial charge in [0.2, 0.25) is 0 Å². The molecule has 20 heavy (non-hydrogen) atoms. The second kappa shape index (κ2) is 7.49. The molecule has 0 aliphatic heterocycles. The minimum atomic E-state index is -4.38. The molecule has 1 aliphatic carbocycles. The number of hydrogen-bond donors (Lipinski definition) is 3. The van der Waals surface area contributed by atoms with Gasteiger partial charge in [-0.1, -0.05) is 12.2 Å². The van der Waals surface area contributed by atoms with E-state index in [2.05, 4.69) is 5.32 Å². The van der Waals surface area contributed by atoms with E-state index >= 15 is 0 Å². The predicted molar refractivity (Wildman–Crippen MR) is 66.0 cm³/mol. The van der Waals surface area contributed by atoms with Crippen LogP contribution in [0, 0.1) is 0 Å². The minimum absolute atomic E-state index is 0.123. The highest BCUT2D eigenvalue weighted by molar-refractivity contribution is 5.74. The molecular formula is C12H19F3N2O3. The summed E-state index contributed by atoms with van der Waals surface area (Å²) in [5, 5.41) is 20.6. The molecule has 0 aromatic carbocycles. The maximum absolute atomic E-state index is 12.2. The second-order valence-electron chi connectivity index (χ2n) is 4.74. The van der Waals surface area contributed by atoms with E-state index in [0.717, 1.165) is 4.90 Å². The smallest absolute Gasteiger partial charge is 0.390 e. The van der Waals surface area contributed by atoms with Crippen molar-refractivity contribution in [2.45, 2.75) is 37.6 Å². The molecule has 0 aromatic heterocycles. The fourth-order valence-corrected chi connectivity index (χ4v) is 1.85. The van der Waals surface area contributed by atoms with Gasteiger partial charge in [0.15, 0.2) is 0 Å². The normalized spacial score (nSPS) is 17.2. The van der Waals surface area contributed by atoms with Crippen LogP contribution < -0.4 is 5.32 Å². The van der Waals surface area contributed by atoms with Crippen LogP contribution in [0.4, 0.5) is 18.0 Å². The Labute approximate surface area is 115 Å². The lowest BCUT2D eigenvalue weighted by molar-refractivity contribution is -0.137. The number of aliphatic hydroxyl groups is 2. The zero-order chi connectivity index (χ0) is 15.2. The van der Waals surface area contributed by atoms with Gasteiger partial charge in [-0.2, -0.15) is 13.2 Å². The lowest BCUT2D eigenvalue weighted by Gasteiger charge is -2.27. The van der Waals surface area contributed by atoms with Crippen molar-refractivity contribution in [3.63, 3.8) is 0 Å². The molecule has 0 radical (unpaired) electrons. The molecule has 0 spiro atoms. The van der Waals surface area contributed by atoms with Crippen LogP contribution in [0.1, 0.15) is 19.3 Å². The van der Waals surface area contributed by atoms with Crippen molar-refractivity contribution in [2.75, 3.05) is 19.7 Å². The first-order valence-electron chi connectivity index (χ1n) is 6.38. The molecule has 3 N–H and O–H groups in total. The third-order valence-corrected chi connectivity index (χ3v) is 2.93. The first-order chi connectivity index (χ1) is 9.31. The molecule has 0 aromatic rings. The van der Waals surface area contributed by atoms with E-state index in [1.807, 2.05) is 12.2 Å². The first kappa shape index (κ1) is 16.8. The van der Waals surface area contributed by atoms with Crippen LogP contribution >= 0.6 is 0 Å². The fourth-order valence-electron chi connectivity index (χ4n) is 1.85. The summed E-state index contributed by atoms with van der Waals surface area (Å²) in [6.07, 6.45) is -1.74. The number of amides is 2. The van der Waals surface area contributed by atoms with Crippen molar-refractivity contribution < 1.29 is 28.2 Å². The molecule has 2 amide bonds. The van der Waals surface area contributed by atoms with Crippen molar-refractivity contribution >= 4 is 6.03 Å². The SMILES string of the molecule is O=C(NC1CC=CC1)N(CCC(F)(F)F)C[C@H](O)CO. The Kier molecular flexibility index (Phi) is 6.28. The predicted octanol–water partition coefficient (Wildman–Crippen LogP) is 1.02. The molecule has 8 heteroatoms. The van der Waals surface area contributed by atoms with Crippen LogP contribution in [-0.2, 0) is 0 Å². The van der Waals surface area contributed by atoms with Gasteiger partial charge in [0.05, 0.1) is 25.7 Å². The Bertz CT molecular complexity index is 339. The average Bonchev–Trinajstić information content (AvgIpc) is 2.85. The van der Waals surface area contributed by atoms with E-state index in [0.29, 0.717) is 12.8 Å². The van der Waals surface area contributed by atoms with Gasteiger partial charge in [-0.05, 0) is 12.8 Å². The monoisotopic (exact) mass is 296 g/mol. The van der Waals surface area contributed by atoms with Crippen molar-refractivity contribution in [1.82, 2.24) is 10.2 Å². The van der Waals surface area contributed by atoms with Gasteiger partial charge in [0.1, 0.15) is 0 Å². The number of alkyl halides is 3. The summed E-state index contributed by atoms with van der Waals surface area (Å²) in [6, 6.07) is -0.780. The summed E-state index contributed by atoms with van der Waals surface area (Å²) in [4.78, 5) is 12.8. The van der Waals surface area contributed by atoms with E-state index in [1.54, 1.807) is 0 Å².